The van der Waals surface area contributed by atoms with Crippen molar-refractivity contribution in [1.82, 2.24) is 29.8 Å². The summed E-state index contributed by atoms with van der Waals surface area (Å²) in [4.78, 5) is 8.29. The molecule has 4 rings (SSSR count). The lowest BCUT2D eigenvalue weighted by atomic mass is 10.1. The topological polar surface area (TPSA) is 102 Å². The van der Waals surface area contributed by atoms with Gasteiger partial charge in [-0.15, -0.1) is 5.10 Å². The fourth-order valence-corrected chi connectivity index (χ4v) is 2.80. The predicted molar refractivity (Wildman–Crippen MR) is 87.7 cm³/mol. The molecule has 1 unspecified atom stereocenters. The lowest BCUT2D eigenvalue weighted by Crippen LogP contribution is -2.39. The summed E-state index contributed by atoms with van der Waals surface area (Å²) in [6, 6.07) is -0.563. The summed E-state index contributed by atoms with van der Waals surface area (Å²) < 4.78 is 63.3. The summed E-state index contributed by atoms with van der Waals surface area (Å²) in [5.41, 5.74) is 0.560. The Balaban J connectivity index is 1.70. The maximum Gasteiger partial charge on any atom is 0.422 e. The van der Waals surface area contributed by atoms with E-state index in [1.54, 1.807) is 0 Å². The molecule has 0 radical (unpaired) electrons. The van der Waals surface area contributed by atoms with E-state index in [9.17, 15) is 17.6 Å². The number of ether oxygens (including phenoxy) is 2. The quantitative estimate of drug-likeness (QED) is 0.631. The van der Waals surface area contributed by atoms with Crippen LogP contribution in [0.25, 0.3) is 16.9 Å². The van der Waals surface area contributed by atoms with Crippen LogP contribution in [0, 0.1) is 0 Å². The molecule has 0 aromatic carbocycles. The normalized spacial score (nSPS) is 20.4. The fourth-order valence-electron chi connectivity index (χ4n) is 2.80. The number of fused-ring (bicyclic) bond motifs is 1. The standard InChI is InChI=1S/C15H15F4N7O2/c16-9-5-27-2-1-10(9)23-14-24-13-12(28-6-15(17,18)19)11(8-3-21-22-4-8)20-7-26(13)25-14/h3-4,7,9-10H,1-2,5-6H2,(H,21,22)(H,23,25)/t9-,10?/m1/s1. The van der Waals surface area contributed by atoms with E-state index in [1.807, 2.05) is 0 Å². The van der Waals surface area contributed by atoms with E-state index < -0.39 is 25.0 Å². The highest BCUT2D eigenvalue weighted by molar-refractivity contribution is 5.73. The number of H-pyrrole nitrogens is 1. The van der Waals surface area contributed by atoms with E-state index in [4.69, 9.17) is 9.47 Å². The van der Waals surface area contributed by atoms with Crippen molar-refractivity contribution in [2.24, 2.45) is 0 Å². The third-order valence-electron chi connectivity index (χ3n) is 4.10. The molecule has 0 aliphatic carbocycles. The van der Waals surface area contributed by atoms with Crippen LogP contribution in [-0.2, 0) is 4.74 Å². The van der Waals surface area contributed by atoms with E-state index in [-0.39, 0.29) is 29.6 Å². The van der Waals surface area contributed by atoms with Gasteiger partial charge in [0.15, 0.2) is 12.4 Å². The van der Waals surface area contributed by atoms with Crippen molar-refractivity contribution < 1.29 is 27.0 Å². The Kier molecular flexibility index (Phi) is 4.75. The summed E-state index contributed by atoms with van der Waals surface area (Å²) in [7, 11) is 0. The highest BCUT2D eigenvalue weighted by Crippen LogP contribution is 2.32. The third kappa shape index (κ3) is 3.83. The first kappa shape index (κ1) is 18.4. The van der Waals surface area contributed by atoms with E-state index in [2.05, 4.69) is 30.6 Å². The molecule has 0 bridgehead atoms. The Morgan fingerprint density at radius 3 is 2.96 bits per heavy atom. The maximum atomic E-state index is 13.9. The van der Waals surface area contributed by atoms with Crippen LogP contribution in [0.15, 0.2) is 18.7 Å². The number of hydrogen-bond donors (Lipinski definition) is 2. The average molecular weight is 401 g/mol. The van der Waals surface area contributed by atoms with Crippen LogP contribution in [0.1, 0.15) is 6.42 Å². The Hall–Kier alpha value is -2.96. The van der Waals surface area contributed by atoms with Crippen LogP contribution < -0.4 is 10.1 Å². The molecule has 0 spiro atoms. The summed E-state index contributed by atoms with van der Waals surface area (Å²) in [6.07, 6.45) is -1.25. The first-order valence-corrected chi connectivity index (χ1v) is 8.33. The van der Waals surface area contributed by atoms with Gasteiger partial charge >= 0.3 is 6.18 Å². The van der Waals surface area contributed by atoms with Crippen molar-refractivity contribution >= 4 is 11.6 Å². The minimum Gasteiger partial charge on any atom is -0.478 e. The fraction of sp³-hybridized carbons (Fsp3) is 0.467. The number of nitrogens with one attached hydrogen (secondary N) is 2. The number of halogens is 4. The number of alkyl halides is 4. The first-order chi connectivity index (χ1) is 13.4. The molecule has 13 heteroatoms. The monoisotopic (exact) mass is 401 g/mol. The van der Waals surface area contributed by atoms with Gasteiger partial charge in [0, 0.05) is 18.4 Å². The Bertz CT molecular complexity index is 944. The van der Waals surface area contributed by atoms with Gasteiger partial charge in [0.05, 0.1) is 18.8 Å². The largest absolute Gasteiger partial charge is 0.478 e. The zero-order valence-corrected chi connectivity index (χ0v) is 14.3. The zero-order chi connectivity index (χ0) is 19.7. The van der Waals surface area contributed by atoms with Crippen molar-refractivity contribution in [2.45, 2.75) is 24.8 Å². The molecule has 3 aromatic heterocycles. The van der Waals surface area contributed by atoms with Crippen LogP contribution in [0.2, 0.25) is 0 Å². The molecule has 1 saturated heterocycles. The van der Waals surface area contributed by atoms with E-state index >= 15 is 0 Å². The van der Waals surface area contributed by atoms with E-state index in [0.717, 1.165) is 0 Å². The second-order valence-corrected chi connectivity index (χ2v) is 6.15. The minimum absolute atomic E-state index is 0.0143. The van der Waals surface area contributed by atoms with E-state index in [0.29, 0.717) is 18.6 Å². The van der Waals surface area contributed by atoms with Gasteiger partial charge in [-0.2, -0.15) is 27.8 Å². The van der Waals surface area contributed by atoms with Gasteiger partial charge in [-0.05, 0) is 6.42 Å². The third-order valence-corrected chi connectivity index (χ3v) is 4.10. The van der Waals surface area contributed by atoms with Crippen LogP contribution in [-0.4, -0.2) is 68.0 Å². The molecule has 1 aliphatic heterocycles. The number of rotatable bonds is 5. The van der Waals surface area contributed by atoms with Crippen LogP contribution >= 0.6 is 0 Å². The van der Waals surface area contributed by atoms with Crippen molar-refractivity contribution in [3.05, 3.63) is 18.7 Å². The van der Waals surface area contributed by atoms with Gasteiger partial charge in [0.2, 0.25) is 11.6 Å². The molecule has 150 valence electrons. The van der Waals surface area contributed by atoms with Gasteiger partial charge < -0.3 is 14.8 Å². The highest BCUT2D eigenvalue weighted by Gasteiger charge is 2.31. The lowest BCUT2D eigenvalue weighted by molar-refractivity contribution is -0.153. The molecule has 1 fully saturated rings. The molecule has 0 saturated carbocycles. The van der Waals surface area contributed by atoms with Gasteiger partial charge in [0.25, 0.3) is 0 Å². The van der Waals surface area contributed by atoms with Crippen molar-refractivity contribution in [3.8, 4) is 17.0 Å². The Morgan fingerprint density at radius 2 is 2.25 bits per heavy atom. The average Bonchev–Trinajstić information content (AvgIpc) is 3.30. The van der Waals surface area contributed by atoms with Gasteiger partial charge in [0.1, 0.15) is 18.2 Å². The maximum absolute atomic E-state index is 13.9. The summed E-state index contributed by atoms with van der Waals surface area (Å²) >= 11 is 0. The van der Waals surface area contributed by atoms with Gasteiger partial charge in [-0.1, -0.05) is 0 Å². The number of hydrogen-bond acceptors (Lipinski definition) is 7. The molecule has 3 aromatic rings. The first-order valence-electron chi connectivity index (χ1n) is 8.33. The smallest absolute Gasteiger partial charge is 0.422 e. The molecule has 28 heavy (non-hydrogen) atoms. The predicted octanol–water partition coefficient (Wildman–Crippen LogP) is 1.99. The number of anilines is 1. The zero-order valence-electron chi connectivity index (χ0n) is 14.3. The molecule has 1 aliphatic rings. The molecular formula is C15H15F4N7O2. The van der Waals surface area contributed by atoms with Crippen LogP contribution in [0.5, 0.6) is 5.75 Å². The summed E-state index contributed by atoms with van der Waals surface area (Å²) in [6.45, 7) is -1.18. The molecule has 4 heterocycles. The second-order valence-electron chi connectivity index (χ2n) is 6.15. The van der Waals surface area contributed by atoms with Crippen molar-refractivity contribution in [2.75, 3.05) is 25.1 Å². The number of aromatic nitrogens is 6. The van der Waals surface area contributed by atoms with Gasteiger partial charge in [-0.3, -0.25) is 5.10 Å². The molecule has 2 N–H and O–H groups in total. The molecular weight excluding hydrogens is 386 g/mol. The Morgan fingerprint density at radius 1 is 1.39 bits per heavy atom. The molecule has 9 nitrogen and oxygen atoms in total. The van der Waals surface area contributed by atoms with Crippen LogP contribution in [0.3, 0.4) is 0 Å². The summed E-state index contributed by atoms with van der Waals surface area (Å²) in [5.74, 6) is -0.150. The summed E-state index contributed by atoms with van der Waals surface area (Å²) in [5, 5.41) is 13.3. The SMILES string of the molecule is F[C@@H]1COCCC1Nc1nc2c(OCC(F)(F)F)c(-c3cn[nH]c3)ncn2n1. The van der Waals surface area contributed by atoms with Crippen molar-refractivity contribution in [3.63, 3.8) is 0 Å². The van der Waals surface area contributed by atoms with Gasteiger partial charge in [-0.25, -0.2) is 9.37 Å². The van der Waals surface area contributed by atoms with Crippen molar-refractivity contribution in [1.29, 1.82) is 0 Å². The number of aromatic amines is 1. The molecule has 0 amide bonds. The van der Waals surface area contributed by atoms with E-state index in [1.165, 1.54) is 23.2 Å². The molecule has 2 atom stereocenters. The van der Waals surface area contributed by atoms with Crippen LogP contribution in [0.4, 0.5) is 23.5 Å². The number of nitrogens with zero attached hydrogens (tertiary/aromatic N) is 5. The minimum atomic E-state index is -4.55. The lowest BCUT2D eigenvalue weighted by Gasteiger charge is -2.26. The second kappa shape index (κ2) is 7.22. The highest BCUT2D eigenvalue weighted by atomic mass is 19.4. The Labute approximate surface area is 155 Å².